The summed E-state index contributed by atoms with van der Waals surface area (Å²) in [5, 5.41) is 8.86. The van der Waals surface area contributed by atoms with Crippen LogP contribution in [0.3, 0.4) is 0 Å². The van der Waals surface area contributed by atoms with Crippen LogP contribution in [0.5, 0.6) is 0 Å². The van der Waals surface area contributed by atoms with Crippen LogP contribution < -0.4 is 4.90 Å². The Morgan fingerprint density at radius 3 is 2.79 bits per heavy atom. The van der Waals surface area contributed by atoms with E-state index in [1.165, 1.54) is 0 Å². The first-order valence-electron chi connectivity index (χ1n) is 7.75. The largest absolute Gasteiger partial charge is 0.382 e. The summed E-state index contributed by atoms with van der Waals surface area (Å²) in [5.74, 6) is 0.939. The Morgan fingerprint density at radius 2 is 2.08 bits per heavy atom. The summed E-state index contributed by atoms with van der Waals surface area (Å²) in [5.41, 5.74) is 1.78. The molecule has 3 rings (SSSR count). The van der Waals surface area contributed by atoms with Crippen LogP contribution >= 0.6 is 0 Å². The molecular weight excluding hydrogens is 308 g/mol. The maximum atomic E-state index is 5.54. The molecule has 0 fully saturated rings. The number of hydrogen-bond acceptors (Lipinski definition) is 6. The second-order valence-electron chi connectivity index (χ2n) is 5.58. The van der Waals surface area contributed by atoms with E-state index >= 15 is 0 Å². The van der Waals surface area contributed by atoms with Crippen molar-refractivity contribution >= 4 is 11.5 Å². The number of rotatable bonds is 8. The monoisotopic (exact) mass is 330 g/mol. The van der Waals surface area contributed by atoms with E-state index in [1.54, 1.807) is 31.3 Å². The van der Waals surface area contributed by atoms with Crippen molar-refractivity contribution < 1.29 is 9.47 Å². The summed E-state index contributed by atoms with van der Waals surface area (Å²) in [7, 11) is 5.28. The minimum Gasteiger partial charge on any atom is -0.382 e. The number of nitrogens with zero attached hydrogens (tertiary/aromatic N) is 6. The predicted molar refractivity (Wildman–Crippen MR) is 89.9 cm³/mol. The third-order valence-electron chi connectivity index (χ3n) is 3.83. The lowest BCUT2D eigenvalue weighted by Crippen LogP contribution is -2.37. The Labute approximate surface area is 140 Å². The van der Waals surface area contributed by atoms with Crippen molar-refractivity contribution in [2.75, 3.05) is 32.3 Å². The van der Waals surface area contributed by atoms with Crippen LogP contribution in [0.4, 0.5) is 5.82 Å². The molecule has 24 heavy (non-hydrogen) atoms. The molecule has 0 N–H and O–H groups in total. The van der Waals surface area contributed by atoms with Crippen molar-refractivity contribution in [3.63, 3.8) is 0 Å². The van der Waals surface area contributed by atoms with Gasteiger partial charge in [-0.05, 0) is 12.1 Å². The fourth-order valence-electron chi connectivity index (χ4n) is 2.67. The van der Waals surface area contributed by atoms with Gasteiger partial charge in [-0.15, -0.1) is 0 Å². The summed E-state index contributed by atoms with van der Waals surface area (Å²) < 4.78 is 14.4. The molecule has 0 amide bonds. The average Bonchev–Trinajstić information content (AvgIpc) is 3.22. The van der Waals surface area contributed by atoms with Gasteiger partial charge in [-0.2, -0.15) is 14.7 Å². The van der Waals surface area contributed by atoms with Crippen molar-refractivity contribution in [1.29, 1.82) is 0 Å². The van der Waals surface area contributed by atoms with Crippen molar-refractivity contribution in [2.24, 2.45) is 7.05 Å². The minimum absolute atomic E-state index is 0.0579. The Morgan fingerprint density at radius 1 is 1.21 bits per heavy atom. The Bertz CT molecular complexity index is 784. The molecule has 3 aromatic rings. The van der Waals surface area contributed by atoms with Crippen LogP contribution in [0, 0.1) is 0 Å². The second-order valence-corrected chi connectivity index (χ2v) is 5.58. The number of aryl methyl sites for hydroxylation is 1. The molecule has 128 valence electrons. The molecule has 0 bridgehead atoms. The summed E-state index contributed by atoms with van der Waals surface area (Å²) in [4.78, 5) is 6.51. The van der Waals surface area contributed by atoms with E-state index in [0.717, 1.165) is 17.2 Å². The molecule has 8 nitrogen and oxygen atoms in total. The number of anilines is 1. The van der Waals surface area contributed by atoms with Gasteiger partial charge in [-0.25, -0.2) is 4.98 Å². The highest BCUT2D eigenvalue weighted by Crippen LogP contribution is 2.18. The lowest BCUT2D eigenvalue weighted by molar-refractivity contribution is 0.0325. The lowest BCUT2D eigenvalue weighted by atomic mass is 10.3. The molecule has 0 aliphatic heterocycles. The first kappa shape index (κ1) is 16.4. The predicted octanol–water partition coefficient (Wildman–Crippen LogP) is 1.13. The molecule has 0 spiro atoms. The first-order chi connectivity index (χ1) is 11.7. The summed E-state index contributed by atoms with van der Waals surface area (Å²) in [6, 6.07) is 5.83. The molecule has 0 aliphatic carbocycles. The van der Waals surface area contributed by atoms with Crippen LogP contribution in [0.1, 0.15) is 5.69 Å². The smallest absolute Gasteiger partial charge is 0.157 e. The van der Waals surface area contributed by atoms with Crippen molar-refractivity contribution in [3.05, 3.63) is 42.5 Å². The van der Waals surface area contributed by atoms with Crippen molar-refractivity contribution in [3.8, 4) is 0 Å². The van der Waals surface area contributed by atoms with Gasteiger partial charge < -0.3 is 14.4 Å². The molecule has 8 heteroatoms. The Hall–Kier alpha value is -2.45. The molecule has 0 aliphatic rings. The van der Waals surface area contributed by atoms with Gasteiger partial charge in [0.2, 0.25) is 0 Å². The molecule has 3 aromatic heterocycles. The fourth-order valence-corrected chi connectivity index (χ4v) is 2.67. The van der Waals surface area contributed by atoms with Gasteiger partial charge in [0, 0.05) is 46.3 Å². The number of aromatic nitrogens is 5. The SMILES string of the molecule is COC[C@@H](CN(Cc1ccn(C)n1)c1ccnc2ccnn12)OC. The van der Waals surface area contributed by atoms with E-state index in [2.05, 4.69) is 20.1 Å². The molecule has 1 atom stereocenters. The van der Waals surface area contributed by atoms with E-state index in [9.17, 15) is 0 Å². The number of fused-ring (bicyclic) bond motifs is 1. The van der Waals surface area contributed by atoms with Gasteiger partial charge in [-0.3, -0.25) is 4.68 Å². The Kier molecular flexibility index (Phi) is 5.07. The standard InChI is InChI=1S/C16H22N6O2/c1-20-9-6-13(19-20)10-21(11-14(24-3)12-23-2)16-5-7-17-15-4-8-18-22(15)16/h4-9,14H,10-12H2,1-3H3/t14-/m1/s1. The van der Waals surface area contributed by atoms with Crippen LogP contribution in [0.2, 0.25) is 0 Å². The molecule has 3 heterocycles. The number of hydrogen-bond donors (Lipinski definition) is 0. The lowest BCUT2D eigenvalue weighted by Gasteiger charge is -2.28. The van der Waals surface area contributed by atoms with Gasteiger partial charge in [0.05, 0.1) is 31.1 Å². The highest BCUT2D eigenvalue weighted by atomic mass is 16.5. The summed E-state index contributed by atoms with van der Waals surface area (Å²) in [6.45, 7) is 1.81. The molecule has 0 unspecified atom stereocenters. The minimum atomic E-state index is -0.0579. The average molecular weight is 330 g/mol. The summed E-state index contributed by atoms with van der Waals surface area (Å²) >= 11 is 0. The normalized spacial score (nSPS) is 12.6. The highest BCUT2D eigenvalue weighted by Gasteiger charge is 2.18. The summed E-state index contributed by atoms with van der Waals surface area (Å²) in [6.07, 6.45) is 5.41. The van der Waals surface area contributed by atoms with Crippen molar-refractivity contribution in [1.82, 2.24) is 24.4 Å². The number of ether oxygens (including phenoxy) is 2. The topological polar surface area (TPSA) is 69.7 Å². The molecular formula is C16H22N6O2. The third kappa shape index (κ3) is 3.55. The van der Waals surface area contributed by atoms with Crippen LogP contribution in [-0.2, 0) is 23.1 Å². The van der Waals surface area contributed by atoms with E-state index < -0.39 is 0 Å². The Balaban J connectivity index is 1.92. The number of methoxy groups -OCH3 is 2. The van der Waals surface area contributed by atoms with E-state index in [-0.39, 0.29) is 6.10 Å². The van der Waals surface area contributed by atoms with Gasteiger partial charge in [0.1, 0.15) is 5.82 Å². The second kappa shape index (κ2) is 7.41. The van der Waals surface area contributed by atoms with Crippen LogP contribution in [0.15, 0.2) is 36.8 Å². The van der Waals surface area contributed by atoms with E-state index in [0.29, 0.717) is 19.7 Å². The molecule has 0 radical (unpaired) electrons. The molecule has 0 aromatic carbocycles. The zero-order valence-electron chi connectivity index (χ0n) is 14.2. The van der Waals surface area contributed by atoms with Crippen LogP contribution in [-0.4, -0.2) is 57.9 Å². The van der Waals surface area contributed by atoms with Gasteiger partial charge in [0.25, 0.3) is 0 Å². The van der Waals surface area contributed by atoms with E-state index in [4.69, 9.17) is 9.47 Å². The first-order valence-corrected chi connectivity index (χ1v) is 7.75. The maximum Gasteiger partial charge on any atom is 0.157 e. The highest BCUT2D eigenvalue weighted by molar-refractivity contribution is 5.49. The molecule has 0 saturated carbocycles. The van der Waals surface area contributed by atoms with Crippen molar-refractivity contribution in [2.45, 2.75) is 12.6 Å². The van der Waals surface area contributed by atoms with Crippen LogP contribution in [0.25, 0.3) is 5.65 Å². The fraction of sp³-hybridized carbons (Fsp3) is 0.438. The van der Waals surface area contributed by atoms with Gasteiger partial charge in [0.15, 0.2) is 5.65 Å². The zero-order valence-corrected chi connectivity index (χ0v) is 14.2. The van der Waals surface area contributed by atoms with E-state index in [1.807, 2.05) is 36.0 Å². The molecule has 0 saturated heterocycles. The maximum absolute atomic E-state index is 5.54. The van der Waals surface area contributed by atoms with Gasteiger partial charge in [-0.1, -0.05) is 0 Å². The third-order valence-corrected chi connectivity index (χ3v) is 3.83. The quantitative estimate of drug-likeness (QED) is 0.617. The van der Waals surface area contributed by atoms with Gasteiger partial charge >= 0.3 is 0 Å². The zero-order chi connectivity index (χ0) is 16.9.